The number of ether oxygens (including phenoxy) is 1. The fourth-order valence-corrected chi connectivity index (χ4v) is 4.28. The van der Waals surface area contributed by atoms with Crippen molar-refractivity contribution in [2.45, 2.75) is 50.8 Å². The SMILES string of the molecule is O=C(CC1CC2CCC(C1)N2)Nc1cccc(COc2cccc(F)c2)c1. The van der Waals surface area contributed by atoms with Crippen molar-refractivity contribution < 1.29 is 13.9 Å². The average molecular weight is 368 g/mol. The molecule has 2 aliphatic rings. The zero-order chi connectivity index (χ0) is 18.6. The molecule has 27 heavy (non-hydrogen) atoms. The Balaban J connectivity index is 1.30. The maximum atomic E-state index is 13.2. The first kappa shape index (κ1) is 18.0. The predicted octanol–water partition coefficient (Wildman–Crippen LogP) is 4.26. The average Bonchev–Trinajstić information content (AvgIpc) is 2.99. The van der Waals surface area contributed by atoms with E-state index in [1.807, 2.05) is 24.3 Å². The lowest BCUT2D eigenvalue weighted by Gasteiger charge is -2.28. The van der Waals surface area contributed by atoms with E-state index in [0.717, 1.165) is 24.1 Å². The number of hydrogen-bond donors (Lipinski definition) is 2. The summed E-state index contributed by atoms with van der Waals surface area (Å²) in [7, 11) is 0. The number of piperidine rings is 1. The van der Waals surface area contributed by atoms with E-state index in [0.29, 0.717) is 36.8 Å². The van der Waals surface area contributed by atoms with Gasteiger partial charge in [-0.1, -0.05) is 18.2 Å². The van der Waals surface area contributed by atoms with Gasteiger partial charge in [0.15, 0.2) is 0 Å². The Morgan fingerprint density at radius 1 is 1.11 bits per heavy atom. The highest BCUT2D eigenvalue weighted by atomic mass is 19.1. The summed E-state index contributed by atoms with van der Waals surface area (Å²) in [6.45, 7) is 0.324. The molecule has 2 bridgehead atoms. The largest absolute Gasteiger partial charge is 0.489 e. The summed E-state index contributed by atoms with van der Waals surface area (Å²) in [5, 5.41) is 6.62. The lowest BCUT2D eigenvalue weighted by molar-refractivity contribution is -0.117. The summed E-state index contributed by atoms with van der Waals surface area (Å²) in [6, 6.07) is 14.9. The van der Waals surface area contributed by atoms with Crippen LogP contribution in [0.25, 0.3) is 0 Å². The second-order valence-electron chi connectivity index (χ2n) is 7.67. The van der Waals surface area contributed by atoms with Crippen LogP contribution in [0.15, 0.2) is 48.5 Å². The van der Waals surface area contributed by atoms with Crippen molar-refractivity contribution in [2.24, 2.45) is 5.92 Å². The van der Waals surface area contributed by atoms with Crippen molar-refractivity contribution in [3.8, 4) is 5.75 Å². The number of benzene rings is 2. The van der Waals surface area contributed by atoms with Crippen LogP contribution in [-0.4, -0.2) is 18.0 Å². The standard InChI is InChI=1S/C22H25FN2O2/c23-17-4-2-6-21(13-17)27-14-15-3-1-5-18(9-15)25-22(26)12-16-10-19-7-8-20(11-16)24-19/h1-6,9,13,16,19-20,24H,7-8,10-12,14H2,(H,25,26). The maximum absolute atomic E-state index is 13.2. The molecule has 2 N–H and O–H groups in total. The Bertz CT molecular complexity index is 798. The van der Waals surface area contributed by atoms with E-state index in [1.165, 1.54) is 25.0 Å². The fraction of sp³-hybridized carbons (Fsp3) is 0.409. The van der Waals surface area contributed by atoms with Crippen LogP contribution < -0.4 is 15.4 Å². The second-order valence-corrected chi connectivity index (χ2v) is 7.67. The van der Waals surface area contributed by atoms with E-state index < -0.39 is 0 Å². The highest BCUT2D eigenvalue weighted by molar-refractivity contribution is 5.90. The summed E-state index contributed by atoms with van der Waals surface area (Å²) < 4.78 is 18.8. The number of anilines is 1. The van der Waals surface area contributed by atoms with Gasteiger partial charge in [0.25, 0.3) is 0 Å². The molecule has 0 aliphatic carbocycles. The molecule has 2 aromatic rings. The first-order valence-corrected chi connectivity index (χ1v) is 9.67. The highest BCUT2D eigenvalue weighted by Gasteiger charge is 2.34. The van der Waals surface area contributed by atoms with Crippen molar-refractivity contribution >= 4 is 11.6 Å². The number of halogens is 1. The van der Waals surface area contributed by atoms with Gasteiger partial charge in [-0.05, 0) is 61.4 Å². The number of hydrogen-bond acceptors (Lipinski definition) is 3. The monoisotopic (exact) mass is 368 g/mol. The number of carbonyl (C=O) groups excluding carboxylic acids is 1. The minimum absolute atomic E-state index is 0.0736. The molecular weight excluding hydrogens is 343 g/mol. The number of carbonyl (C=O) groups is 1. The number of amides is 1. The van der Waals surface area contributed by atoms with Crippen LogP contribution in [0, 0.1) is 11.7 Å². The van der Waals surface area contributed by atoms with Crippen LogP contribution in [0.3, 0.4) is 0 Å². The van der Waals surface area contributed by atoms with E-state index >= 15 is 0 Å². The van der Waals surface area contributed by atoms with E-state index in [4.69, 9.17) is 4.74 Å². The smallest absolute Gasteiger partial charge is 0.224 e. The topological polar surface area (TPSA) is 50.4 Å². The van der Waals surface area contributed by atoms with Crippen LogP contribution in [0.5, 0.6) is 5.75 Å². The van der Waals surface area contributed by atoms with Gasteiger partial charge in [0, 0.05) is 30.3 Å². The molecule has 5 heteroatoms. The molecule has 4 rings (SSSR count). The molecule has 2 saturated heterocycles. The van der Waals surface area contributed by atoms with Crippen molar-refractivity contribution in [2.75, 3.05) is 5.32 Å². The van der Waals surface area contributed by atoms with Crippen LogP contribution in [0.2, 0.25) is 0 Å². The Hall–Kier alpha value is -2.40. The lowest BCUT2D eigenvalue weighted by Crippen LogP contribution is -2.39. The Morgan fingerprint density at radius 3 is 2.67 bits per heavy atom. The van der Waals surface area contributed by atoms with Crippen molar-refractivity contribution in [1.82, 2.24) is 5.32 Å². The molecule has 1 amide bonds. The molecule has 2 unspecified atom stereocenters. The molecule has 0 saturated carbocycles. The molecule has 0 aromatic heterocycles. The van der Waals surface area contributed by atoms with Crippen LogP contribution in [0.4, 0.5) is 10.1 Å². The molecule has 2 aromatic carbocycles. The van der Waals surface area contributed by atoms with Gasteiger partial charge in [0.1, 0.15) is 18.2 Å². The van der Waals surface area contributed by atoms with Crippen molar-refractivity contribution in [1.29, 1.82) is 0 Å². The number of fused-ring (bicyclic) bond motifs is 2. The van der Waals surface area contributed by atoms with Gasteiger partial charge in [0.05, 0.1) is 0 Å². The third-order valence-electron chi connectivity index (χ3n) is 5.46. The third kappa shape index (κ3) is 4.86. The summed E-state index contributed by atoms with van der Waals surface area (Å²) in [4.78, 5) is 12.4. The highest BCUT2D eigenvalue weighted by Crippen LogP contribution is 2.32. The normalized spacial score (nSPS) is 23.8. The zero-order valence-corrected chi connectivity index (χ0v) is 15.3. The molecule has 2 heterocycles. The van der Waals surface area contributed by atoms with Crippen molar-refractivity contribution in [3.63, 3.8) is 0 Å². The van der Waals surface area contributed by atoms with Crippen LogP contribution in [-0.2, 0) is 11.4 Å². The van der Waals surface area contributed by atoms with E-state index in [-0.39, 0.29) is 11.7 Å². The third-order valence-corrected chi connectivity index (χ3v) is 5.46. The van der Waals surface area contributed by atoms with Gasteiger partial charge < -0.3 is 15.4 Å². The minimum Gasteiger partial charge on any atom is -0.489 e. The van der Waals surface area contributed by atoms with Gasteiger partial charge in [-0.3, -0.25) is 4.79 Å². The maximum Gasteiger partial charge on any atom is 0.224 e. The first-order valence-electron chi connectivity index (χ1n) is 9.67. The molecular formula is C22H25FN2O2. The lowest BCUT2D eigenvalue weighted by atomic mass is 9.89. The summed E-state index contributed by atoms with van der Waals surface area (Å²) >= 11 is 0. The number of nitrogens with one attached hydrogen (secondary N) is 2. The van der Waals surface area contributed by atoms with Crippen molar-refractivity contribution in [3.05, 3.63) is 59.9 Å². The van der Waals surface area contributed by atoms with E-state index in [2.05, 4.69) is 10.6 Å². The Labute approximate surface area is 159 Å². The van der Waals surface area contributed by atoms with Crippen LogP contribution in [0.1, 0.15) is 37.7 Å². The van der Waals surface area contributed by atoms with Gasteiger partial charge in [0.2, 0.25) is 5.91 Å². The zero-order valence-electron chi connectivity index (χ0n) is 15.3. The summed E-state index contributed by atoms with van der Waals surface area (Å²) in [5.74, 6) is 0.720. The molecule has 0 spiro atoms. The minimum atomic E-state index is -0.320. The first-order chi connectivity index (χ1) is 13.1. The summed E-state index contributed by atoms with van der Waals surface area (Å²) in [5.41, 5.74) is 1.70. The van der Waals surface area contributed by atoms with Gasteiger partial charge in [-0.15, -0.1) is 0 Å². The Kier molecular flexibility index (Phi) is 5.39. The van der Waals surface area contributed by atoms with Gasteiger partial charge in [-0.2, -0.15) is 0 Å². The second kappa shape index (κ2) is 8.09. The molecule has 2 fully saturated rings. The molecule has 0 radical (unpaired) electrons. The molecule has 142 valence electrons. The Morgan fingerprint density at radius 2 is 1.89 bits per heavy atom. The van der Waals surface area contributed by atoms with Gasteiger partial charge in [-0.25, -0.2) is 4.39 Å². The van der Waals surface area contributed by atoms with E-state index in [1.54, 1.807) is 12.1 Å². The molecule has 4 nitrogen and oxygen atoms in total. The fourth-order valence-electron chi connectivity index (χ4n) is 4.28. The number of rotatable bonds is 6. The van der Waals surface area contributed by atoms with Crippen LogP contribution >= 0.6 is 0 Å². The summed E-state index contributed by atoms with van der Waals surface area (Å²) in [6.07, 6.45) is 5.28. The quantitative estimate of drug-likeness (QED) is 0.801. The molecule has 2 aliphatic heterocycles. The molecule has 2 atom stereocenters. The van der Waals surface area contributed by atoms with Gasteiger partial charge >= 0.3 is 0 Å². The predicted molar refractivity (Wildman–Crippen MR) is 103 cm³/mol. The van der Waals surface area contributed by atoms with E-state index in [9.17, 15) is 9.18 Å².